The summed E-state index contributed by atoms with van der Waals surface area (Å²) >= 11 is 1.64. The molecule has 0 saturated carbocycles. The fraction of sp³-hybridized carbons (Fsp3) is 0.375. The first kappa shape index (κ1) is 14.5. The van der Waals surface area contributed by atoms with Gasteiger partial charge in [-0.3, -0.25) is 5.10 Å². The Bertz CT molecular complexity index is 769. The quantitative estimate of drug-likeness (QED) is 0.591. The summed E-state index contributed by atoms with van der Waals surface area (Å²) in [5.41, 5.74) is 7.99. The lowest BCUT2D eigenvalue weighted by Gasteiger charge is -2.22. The van der Waals surface area contributed by atoms with E-state index in [1.165, 1.54) is 12.8 Å². The minimum Gasteiger partial charge on any atom is -0.383 e. The molecule has 7 heteroatoms. The van der Waals surface area contributed by atoms with Crippen LogP contribution in [0.2, 0.25) is 0 Å². The zero-order chi connectivity index (χ0) is 15.6. The van der Waals surface area contributed by atoms with Gasteiger partial charge in [-0.05, 0) is 44.0 Å². The van der Waals surface area contributed by atoms with E-state index in [0.29, 0.717) is 11.7 Å². The molecule has 120 valence electrons. The number of aromatic nitrogens is 3. The van der Waals surface area contributed by atoms with Crippen molar-refractivity contribution in [3.63, 3.8) is 0 Å². The number of nitrogens with one attached hydrogen (secondary N) is 3. The van der Waals surface area contributed by atoms with Crippen LogP contribution in [-0.4, -0.2) is 34.8 Å². The molecule has 1 fully saturated rings. The Morgan fingerprint density at radius 1 is 1.26 bits per heavy atom. The lowest BCUT2D eigenvalue weighted by atomic mass is 9.98. The normalized spacial score (nSPS) is 16.0. The van der Waals surface area contributed by atoms with Gasteiger partial charge in [0.05, 0.1) is 15.8 Å². The van der Waals surface area contributed by atoms with Crippen molar-refractivity contribution in [1.82, 2.24) is 20.5 Å². The van der Waals surface area contributed by atoms with Crippen molar-refractivity contribution in [1.29, 1.82) is 0 Å². The molecule has 3 aromatic rings. The van der Waals surface area contributed by atoms with Crippen molar-refractivity contribution in [2.45, 2.75) is 12.8 Å². The average molecular weight is 328 g/mol. The van der Waals surface area contributed by atoms with E-state index >= 15 is 0 Å². The molecule has 6 nitrogen and oxygen atoms in total. The summed E-state index contributed by atoms with van der Waals surface area (Å²) in [4.78, 5) is 4.70. The maximum atomic E-state index is 6.10. The molecule has 5 N–H and O–H groups in total. The van der Waals surface area contributed by atoms with Crippen LogP contribution in [0.5, 0.6) is 0 Å². The second kappa shape index (κ2) is 6.17. The van der Waals surface area contributed by atoms with Crippen LogP contribution in [0.15, 0.2) is 24.3 Å². The van der Waals surface area contributed by atoms with Crippen molar-refractivity contribution in [2.75, 3.05) is 30.7 Å². The van der Waals surface area contributed by atoms with Gasteiger partial charge in [0, 0.05) is 6.54 Å². The average Bonchev–Trinajstić information content (AvgIpc) is 3.16. The minimum absolute atomic E-state index is 0.567. The Balaban J connectivity index is 1.59. The Kier molecular flexibility index (Phi) is 3.88. The van der Waals surface area contributed by atoms with Gasteiger partial charge >= 0.3 is 0 Å². The second-order valence-electron chi connectivity index (χ2n) is 5.92. The summed E-state index contributed by atoms with van der Waals surface area (Å²) in [6.07, 6.45) is 2.40. The molecule has 2 aromatic heterocycles. The fourth-order valence-corrected chi connectivity index (χ4v) is 4.03. The maximum absolute atomic E-state index is 6.10. The van der Waals surface area contributed by atoms with Gasteiger partial charge in [-0.2, -0.15) is 5.10 Å². The molecule has 23 heavy (non-hydrogen) atoms. The number of piperidine rings is 1. The molecule has 3 heterocycles. The van der Waals surface area contributed by atoms with Crippen LogP contribution >= 0.6 is 11.3 Å². The number of nitrogen functional groups attached to an aromatic ring is 1. The van der Waals surface area contributed by atoms with Gasteiger partial charge in [0.1, 0.15) is 10.8 Å². The molecule has 0 amide bonds. The summed E-state index contributed by atoms with van der Waals surface area (Å²) < 4.78 is 1.16. The number of para-hydroxylation sites is 1. The highest BCUT2D eigenvalue weighted by molar-refractivity contribution is 7.21. The number of hydrogen-bond acceptors (Lipinski definition) is 6. The van der Waals surface area contributed by atoms with Gasteiger partial charge < -0.3 is 16.4 Å². The summed E-state index contributed by atoms with van der Waals surface area (Å²) in [6, 6.07) is 8.13. The molecule has 0 aliphatic carbocycles. The van der Waals surface area contributed by atoms with Crippen LogP contribution in [0.1, 0.15) is 12.8 Å². The van der Waals surface area contributed by atoms with Crippen LogP contribution in [0.4, 0.5) is 11.6 Å². The summed E-state index contributed by atoms with van der Waals surface area (Å²) in [5, 5.41) is 15.0. The molecule has 1 aliphatic rings. The van der Waals surface area contributed by atoms with Gasteiger partial charge in [-0.25, -0.2) is 4.98 Å². The molecule has 1 saturated heterocycles. The van der Waals surface area contributed by atoms with E-state index in [4.69, 9.17) is 10.7 Å². The number of H-pyrrole nitrogens is 1. The standard InChI is InChI=1S/C16H20N6S/c17-14-13(16-20-11-3-1-2-4-12(11)23-16)15(22-21-14)19-9-10-5-7-18-8-6-10/h1-4,10,18H,5-9H2,(H4,17,19,21,22). The number of hydrogen-bond donors (Lipinski definition) is 4. The molecular formula is C16H20N6S. The number of anilines is 2. The van der Waals surface area contributed by atoms with Gasteiger partial charge in [0.25, 0.3) is 0 Å². The molecule has 1 aliphatic heterocycles. The van der Waals surface area contributed by atoms with Crippen molar-refractivity contribution in [3.8, 4) is 10.6 Å². The highest BCUT2D eigenvalue weighted by Crippen LogP contribution is 2.37. The molecule has 0 bridgehead atoms. The number of nitrogens with zero attached hydrogens (tertiary/aromatic N) is 2. The predicted molar refractivity (Wildman–Crippen MR) is 95.7 cm³/mol. The molecule has 0 spiro atoms. The lowest BCUT2D eigenvalue weighted by Crippen LogP contribution is -2.31. The van der Waals surface area contributed by atoms with E-state index in [9.17, 15) is 0 Å². The molecule has 1 aromatic carbocycles. The SMILES string of the molecule is Nc1[nH]nc(NCC2CCNCC2)c1-c1nc2ccccc2s1. The number of rotatable bonds is 4. The highest BCUT2D eigenvalue weighted by atomic mass is 32.1. The van der Waals surface area contributed by atoms with Crippen molar-refractivity contribution in [3.05, 3.63) is 24.3 Å². The summed E-state index contributed by atoms with van der Waals surface area (Å²) in [6.45, 7) is 3.11. The van der Waals surface area contributed by atoms with E-state index < -0.39 is 0 Å². The number of benzene rings is 1. The Hall–Kier alpha value is -2.12. The zero-order valence-corrected chi connectivity index (χ0v) is 13.6. The van der Waals surface area contributed by atoms with Crippen LogP contribution in [0.25, 0.3) is 20.8 Å². The molecule has 0 radical (unpaired) electrons. The van der Waals surface area contributed by atoms with E-state index in [1.807, 2.05) is 18.2 Å². The van der Waals surface area contributed by atoms with E-state index in [-0.39, 0.29) is 0 Å². The third-order valence-corrected chi connectivity index (χ3v) is 5.37. The van der Waals surface area contributed by atoms with Gasteiger partial charge in [-0.1, -0.05) is 12.1 Å². The number of thiazole rings is 1. The monoisotopic (exact) mass is 328 g/mol. The highest BCUT2D eigenvalue weighted by Gasteiger charge is 2.19. The molecule has 4 rings (SSSR count). The lowest BCUT2D eigenvalue weighted by molar-refractivity contribution is 0.389. The number of aromatic amines is 1. The Morgan fingerprint density at radius 2 is 2.09 bits per heavy atom. The largest absolute Gasteiger partial charge is 0.383 e. The Morgan fingerprint density at radius 3 is 2.91 bits per heavy atom. The summed E-state index contributed by atoms with van der Waals surface area (Å²) in [5.74, 6) is 2.05. The first-order valence-electron chi connectivity index (χ1n) is 7.95. The van der Waals surface area contributed by atoms with Gasteiger partial charge in [-0.15, -0.1) is 11.3 Å². The fourth-order valence-electron chi connectivity index (χ4n) is 3.01. The third-order valence-electron chi connectivity index (χ3n) is 4.32. The zero-order valence-electron chi connectivity index (χ0n) is 12.8. The van der Waals surface area contributed by atoms with E-state index in [0.717, 1.165) is 46.2 Å². The van der Waals surface area contributed by atoms with Crippen molar-refractivity contribution in [2.24, 2.45) is 5.92 Å². The third kappa shape index (κ3) is 2.89. The summed E-state index contributed by atoms with van der Waals surface area (Å²) in [7, 11) is 0. The molecular weight excluding hydrogens is 308 g/mol. The Labute approximate surface area is 138 Å². The first-order valence-corrected chi connectivity index (χ1v) is 8.77. The minimum atomic E-state index is 0.567. The van der Waals surface area contributed by atoms with Gasteiger partial charge in [0.2, 0.25) is 0 Å². The predicted octanol–water partition coefficient (Wildman–Crippen LogP) is 2.68. The molecule has 0 atom stereocenters. The maximum Gasteiger partial charge on any atom is 0.160 e. The van der Waals surface area contributed by atoms with Gasteiger partial charge in [0.15, 0.2) is 5.82 Å². The van der Waals surface area contributed by atoms with Crippen LogP contribution in [0.3, 0.4) is 0 Å². The van der Waals surface area contributed by atoms with E-state index in [1.54, 1.807) is 11.3 Å². The smallest absolute Gasteiger partial charge is 0.160 e. The van der Waals surface area contributed by atoms with Crippen LogP contribution in [-0.2, 0) is 0 Å². The number of nitrogens with two attached hydrogens (primary N) is 1. The van der Waals surface area contributed by atoms with Crippen molar-refractivity contribution >= 4 is 33.2 Å². The number of fused-ring (bicyclic) bond motifs is 1. The van der Waals surface area contributed by atoms with Crippen LogP contribution < -0.4 is 16.4 Å². The van der Waals surface area contributed by atoms with E-state index in [2.05, 4.69) is 26.9 Å². The first-order chi connectivity index (χ1) is 11.3. The second-order valence-corrected chi connectivity index (χ2v) is 6.95. The molecule has 0 unspecified atom stereocenters. The van der Waals surface area contributed by atoms with Crippen LogP contribution in [0, 0.1) is 5.92 Å². The topological polar surface area (TPSA) is 91.7 Å². The van der Waals surface area contributed by atoms with Crippen molar-refractivity contribution < 1.29 is 0 Å².